The Morgan fingerprint density at radius 3 is 2.37 bits per heavy atom. The highest BCUT2D eigenvalue weighted by atomic mass is 32.2. The van der Waals surface area contributed by atoms with Gasteiger partial charge in [0.25, 0.3) is 0 Å². The standard InChI is InChI=1S/C14H15FO3S/c15-11-3-1-2-9(6-11)14(16)10-7-12-4-5-13(8-10)19(12,17)18/h1-3,6,10,12-13H,4-5,7-8H2. The molecule has 19 heavy (non-hydrogen) atoms. The van der Waals surface area contributed by atoms with Crippen LogP contribution in [0.4, 0.5) is 4.39 Å². The fourth-order valence-corrected chi connectivity index (χ4v) is 5.77. The van der Waals surface area contributed by atoms with Crippen molar-refractivity contribution >= 4 is 15.6 Å². The van der Waals surface area contributed by atoms with Gasteiger partial charge < -0.3 is 0 Å². The molecule has 0 aliphatic carbocycles. The number of ketones is 1. The fourth-order valence-electron chi connectivity index (χ4n) is 3.30. The largest absolute Gasteiger partial charge is 0.294 e. The van der Waals surface area contributed by atoms with Gasteiger partial charge in [-0.05, 0) is 37.8 Å². The fraction of sp³-hybridized carbons (Fsp3) is 0.500. The number of sulfone groups is 1. The van der Waals surface area contributed by atoms with Gasteiger partial charge in [0.1, 0.15) is 5.82 Å². The van der Waals surface area contributed by atoms with Gasteiger partial charge >= 0.3 is 0 Å². The van der Waals surface area contributed by atoms with Crippen LogP contribution < -0.4 is 0 Å². The van der Waals surface area contributed by atoms with Crippen molar-refractivity contribution < 1.29 is 17.6 Å². The highest BCUT2D eigenvalue weighted by Gasteiger charge is 2.48. The number of benzene rings is 1. The summed E-state index contributed by atoms with van der Waals surface area (Å²) in [5, 5.41) is -0.734. The number of fused-ring (bicyclic) bond motifs is 2. The first-order valence-corrected chi connectivity index (χ1v) is 8.12. The van der Waals surface area contributed by atoms with Crippen LogP contribution in [0.3, 0.4) is 0 Å². The van der Waals surface area contributed by atoms with Gasteiger partial charge in [0, 0.05) is 11.5 Å². The molecule has 0 radical (unpaired) electrons. The van der Waals surface area contributed by atoms with Crippen LogP contribution in [0.1, 0.15) is 36.0 Å². The van der Waals surface area contributed by atoms with Gasteiger partial charge in [-0.3, -0.25) is 4.79 Å². The summed E-state index contributed by atoms with van der Waals surface area (Å²) in [6, 6.07) is 5.63. The molecule has 0 saturated carbocycles. The van der Waals surface area contributed by atoms with E-state index in [2.05, 4.69) is 0 Å². The van der Waals surface area contributed by atoms with Crippen molar-refractivity contribution in [3.63, 3.8) is 0 Å². The Hall–Kier alpha value is -1.23. The number of rotatable bonds is 2. The van der Waals surface area contributed by atoms with E-state index in [1.54, 1.807) is 6.07 Å². The van der Waals surface area contributed by atoms with E-state index < -0.39 is 15.7 Å². The Morgan fingerprint density at radius 2 is 1.79 bits per heavy atom. The molecule has 1 aromatic rings. The summed E-state index contributed by atoms with van der Waals surface area (Å²) in [5.74, 6) is -0.827. The summed E-state index contributed by atoms with van der Waals surface area (Å²) in [7, 11) is -3.01. The third-order valence-corrected chi connectivity index (χ3v) is 7.03. The molecular weight excluding hydrogens is 267 g/mol. The van der Waals surface area contributed by atoms with Crippen molar-refractivity contribution in [2.24, 2.45) is 5.92 Å². The topological polar surface area (TPSA) is 51.2 Å². The average Bonchev–Trinajstić information content (AvgIpc) is 2.58. The van der Waals surface area contributed by atoms with Crippen molar-refractivity contribution in [3.8, 4) is 0 Å². The Balaban J connectivity index is 1.84. The molecule has 0 N–H and O–H groups in total. The molecule has 2 atom stereocenters. The van der Waals surface area contributed by atoms with E-state index in [0.717, 1.165) is 0 Å². The second-order valence-electron chi connectivity index (χ2n) is 5.45. The molecule has 3 nitrogen and oxygen atoms in total. The van der Waals surface area contributed by atoms with Gasteiger partial charge in [-0.15, -0.1) is 0 Å². The Labute approximate surface area is 111 Å². The summed E-state index contributed by atoms with van der Waals surface area (Å²) in [6.07, 6.45) is 2.13. The zero-order valence-corrected chi connectivity index (χ0v) is 11.2. The third-order valence-electron chi connectivity index (χ3n) is 4.31. The first-order valence-electron chi connectivity index (χ1n) is 6.51. The minimum absolute atomic E-state index is 0.119. The molecule has 2 aliphatic heterocycles. The summed E-state index contributed by atoms with van der Waals surface area (Å²) in [4.78, 5) is 12.3. The lowest BCUT2D eigenvalue weighted by Crippen LogP contribution is -2.36. The quantitative estimate of drug-likeness (QED) is 0.782. The molecule has 0 spiro atoms. The molecule has 0 amide bonds. The van der Waals surface area contributed by atoms with Crippen LogP contribution >= 0.6 is 0 Å². The molecule has 5 heteroatoms. The Kier molecular flexibility index (Phi) is 2.96. The third kappa shape index (κ3) is 2.10. The van der Waals surface area contributed by atoms with E-state index in [9.17, 15) is 17.6 Å². The van der Waals surface area contributed by atoms with Crippen molar-refractivity contribution in [1.29, 1.82) is 0 Å². The average molecular weight is 282 g/mol. The van der Waals surface area contributed by atoms with E-state index >= 15 is 0 Å². The van der Waals surface area contributed by atoms with Crippen LogP contribution in [0.2, 0.25) is 0 Å². The molecule has 2 bridgehead atoms. The first kappa shape index (κ1) is 12.8. The van der Waals surface area contributed by atoms with Crippen molar-refractivity contribution in [3.05, 3.63) is 35.6 Å². The molecule has 2 unspecified atom stereocenters. The van der Waals surface area contributed by atoms with Crippen molar-refractivity contribution in [1.82, 2.24) is 0 Å². The Morgan fingerprint density at radius 1 is 1.16 bits per heavy atom. The number of hydrogen-bond acceptors (Lipinski definition) is 3. The highest BCUT2D eigenvalue weighted by Crippen LogP contribution is 2.42. The molecule has 102 valence electrons. The van der Waals surface area contributed by atoms with E-state index in [1.807, 2.05) is 0 Å². The van der Waals surface area contributed by atoms with Crippen LogP contribution in [0.5, 0.6) is 0 Å². The molecule has 2 saturated heterocycles. The smallest absolute Gasteiger partial charge is 0.166 e. The number of halogens is 1. The van der Waals surface area contributed by atoms with Gasteiger partial charge in [0.15, 0.2) is 15.6 Å². The first-order chi connectivity index (χ1) is 8.98. The van der Waals surface area contributed by atoms with Gasteiger partial charge in [-0.2, -0.15) is 0 Å². The summed E-state index contributed by atoms with van der Waals surface area (Å²) in [5.41, 5.74) is 0.351. The van der Waals surface area contributed by atoms with E-state index in [4.69, 9.17) is 0 Å². The summed E-state index contributed by atoms with van der Waals surface area (Å²) < 4.78 is 37.1. The van der Waals surface area contributed by atoms with Crippen LogP contribution in [0.15, 0.2) is 24.3 Å². The molecule has 2 fully saturated rings. The molecule has 2 heterocycles. The lowest BCUT2D eigenvalue weighted by atomic mass is 9.90. The SMILES string of the molecule is O=C(c1cccc(F)c1)C1CC2CCC(C1)S2(=O)=O. The number of carbonyl (C=O) groups excluding carboxylic acids is 1. The zero-order chi connectivity index (χ0) is 13.6. The highest BCUT2D eigenvalue weighted by molar-refractivity contribution is 7.93. The second-order valence-corrected chi connectivity index (χ2v) is 7.96. The van der Waals surface area contributed by atoms with Gasteiger partial charge in [0.05, 0.1) is 10.5 Å². The number of hydrogen-bond donors (Lipinski definition) is 0. The van der Waals surface area contributed by atoms with Gasteiger partial charge in [-0.1, -0.05) is 12.1 Å². The molecule has 1 aromatic carbocycles. The predicted octanol–water partition coefficient (Wildman–Crippen LogP) is 2.36. The monoisotopic (exact) mass is 282 g/mol. The number of carbonyl (C=O) groups is 1. The maximum absolute atomic E-state index is 13.1. The summed E-state index contributed by atoms with van der Waals surface area (Å²) >= 11 is 0. The Bertz CT molecular complexity index is 603. The van der Waals surface area contributed by atoms with Gasteiger partial charge in [-0.25, -0.2) is 12.8 Å². The molecular formula is C14H15FO3S. The minimum atomic E-state index is -3.01. The minimum Gasteiger partial charge on any atom is -0.294 e. The predicted molar refractivity (Wildman–Crippen MR) is 69.2 cm³/mol. The lowest BCUT2D eigenvalue weighted by molar-refractivity contribution is 0.0905. The second kappa shape index (κ2) is 4.40. The zero-order valence-electron chi connectivity index (χ0n) is 10.4. The van der Waals surface area contributed by atoms with Crippen LogP contribution in [0.25, 0.3) is 0 Å². The van der Waals surface area contributed by atoms with E-state index in [1.165, 1.54) is 18.2 Å². The molecule has 2 aliphatic rings. The van der Waals surface area contributed by atoms with E-state index in [0.29, 0.717) is 31.2 Å². The van der Waals surface area contributed by atoms with Crippen molar-refractivity contribution in [2.45, 2.75) is 36.2 Å². The maximum Gasteiger partial charge on any atom is 0.166 e. The lowest BCUT2D eigenvalue weighted by Gasteiger charge is -2.26. The van der Waals surface area contributed by atoms with Gasteiger partial charge in [0.2, 0.25) is 0 Å². The maximum atomic E-state index is 13.1. The molecule has 0 aromatic heterocycles. The van der Waals surface area contributed by atoms with Crippen molar-refractivity contribution in [2.75, 3.05) is 0 Å². The van der Waals surface area contributed by atoms with E-state index in [-0.39, 0.29) is 22.2 Å². The number of Topliss-reactive ketones (excluding diaryl/α,β-unsaturated/α-hetero) is 1. The van der Waals surface area contributed by atoms with Crippen LogP contribution in [-0.4, -0.2) is 24.7 Å². The van der Waals surface area contributed by atoms with Crippen LogP contribution in [0, 0.1) is 11.7 Å². The summed E-state index contributed by atoms with van der Waals surface area (Å²) in [6.45, 7) is 0. The normalized spacial score (nSPS) is 32.2. The van der Waals surface area contributed by atoms with Crippen LogP contribution in [-0.2, 0) is 9.84 Å². The molecule has 3 rings (SSSR count).